The van der Waals surface area contributed by atoms with Gasteiger partial charge in [-0.15, -0.1) is 23.7 Å². The second-order valence-electron chi connectivity index (χ2n) is 6.68. The molecule has 9 heteroatoms. The molecule has 2 aromatic heterocycles. The van der Waals surface area contributed by atoms with Gasteiger partial charge in [-0.05, 0) is 49.6 Å². The first-order valence-corrected chi connectivity index (χ1v) is 9.53. The highest BCUT2D eigenvalue weighted by Gasteiger charge is 2.18. The second-order valence-corrected chi connectivity index (χ2v) is 7.88. The lowest BCUT2D eigenvalue weighted by molar-refractivity contribution is -0.116. The van der Waals surface area contributed by atoms with Crippen molar-refractivity contribution in [3.8, 4) is 0 Å². The van der Waals surface area contributed by atoms with Crippen LogP contribution < -0.4 is 16.2 Å². The standard InChI is InChI=1S/C19H19FN4O2S.ClH/c1-10-11(2)27-18-16(10)19(26)24(9-22-18)8-15(25)23-14-4-3-12-7-21-6-5-13(12)17(14)20;/h3-4,9,21H,5-8H2,1-2H3,(H,23,25);1H. The van der Waals surface area contributed by atoms with Gasteiger partial charge in [0.15, 0.2) is 0 Å². The zero-order valence-electron chi connectivity index (χ0n) is 15.5. The van der Waals surface area contributed by atoms with Crippen molar-refractivity contribution in [3.05, 3.63) is 56.2 Å². The molecule has 0 saturated heterocycles. The minimum atomic E-state index is -0.462. The molecule has 0 bridgehead atoms. The summed E-state index contributed by atoms with van der Waals surface area (Å²) in [5.74, 6) is -0.858. The van der Waals surface area contributed by atoms with Crippen molar-refractivity contribution in [1.82, 2.24) is 14.9 Å². The number of carbonyl (C=O) groups is 1. The molecule has 4 rings (SSSR count). The Balaban J connectivity index is 0.00000225. The number of rotatable bonds is 3. The topological polar surface area (TPSA) is 76.0 Å². The van der Waals surface area contributed by atoms with Gasteiger partial charge in [0.05, 0.1) is 17.4 Å². The van der Waals surface area contributed by atoms with Crippen LogP contribution in [-0.2, 0) is 24.3 Å². The first kappa shape index (κ1) is 20.4. The SMILES string of the molecule is Cc1sc2ncn(CC(=O)Nc3ccc4c(c3F)CCNC4)c(=O)c2c1C.Cl. The van der Waals surface area contributed by atoms with E-state index in [1.165, 1.54) is 22.2 Å². The molecule has 3 heterocycles. The maximum atomic E-state index is 14.7. The van der Waals surface area contributed by atoms with Gasteiger partial charge in [0.1, 0.15) is 17.2 Å². The number of halogens is 2. The molecule has 28 heavy (non-hydrogen) atoms. The van der Waals surface area contributed by atoms with Gasteiger partial charge in [0.2, 0.25) is 5.91 Å². The summed E-state index contributed by atoms with van der Waals surface area (Å²) in [7, 11) is 0. The van der Waals surface area contributed by atoms with Crippen molar-refractivity contribution < 1.29 is 9.18 Å². The number of nitrogens with zero attached hydrogens (tertiary/aromatic N) is 2. The molecule has 0 aliphatic carbocycles. The molecule has 3 aromatic rings. The van der Waals surface area contributed by atoms with Crippen LogP contribution in [0.4, 0.5) is 10.1 Å². The van der Waals surface area contributed by atoms with Crippen LogP contribution in [0.15, 0.2) is 23.3 Å². The number of anilines is 1. The van der Waals surface area contributed by atoms with Crippen LogP contribution in [0.5, 0.6) is 0 Å². The minimum Gasteiger partial charge on any atom is -0.322 e. The quantitative estimate of drug-likeness (QED) is 0.680. The van der Waals surface area contributed by atoms with Gasteiger partial charge >= 0.3 is 0 Å². The molecular formula is C19H20ClFN4O2S. The largest absolute Gasteiger partial charge is 0.322 e. The fraction of sp³-hybridized carbons (Fsp3) is 0.316. The number of hydrogen-bond donors (Lipinski definition) is 2. The van der Waals surface area contributed by atoms with Crippen LogP contribution in [0.3, 0.4) is 0 Å². The molecule has 0 spiro atoms. The van der Waals surface area contributed by atoms with Crippen LogP contribution in [-0.4, -0.2) is 22.0 Å². The first-order chi connectivity index (χ1) is 13.0. The number of aryl methyl sites for hydroxylation is 2. The average Bonchev–Trinajstić information content (AvgIpc) is 2.95. The second kappa shape index (κ2) is 7.98. The lowest BCUT2D eigenvalue weighted by atomic mass is 9.99. The zero-order valence-corrected chi connectivity index (χ0v) is 17.1. The summed E-state index contributed by atoms with van der Waals surface area (Å²) in [6.45, 7) is 4.93. The van der Waals surface area contributed by atoms with E-state index < -0.39 is 11.7 Å². The van der Waals surface area contributed by atoms with Gasteiger partial charge in [0.25, 0.3) is 5.56 Å². The summed E-state index contributed by atoms with van der Waals surface area (Å²) in [6, 6.07) is 3.38. The summed E-state index contributed by atoms with van der Waals surface area (Å²) in [4.78, 5) is 31.1. The van der Waals surface area contributed by atoms with Gasteiger partial charge in [0, 0.05) is 11.4 Å². The Morgan fingerprint density at radius 2 is 2.18 bits per heavy atom. The summed E-state index contributed by atoms with van der Waals surface area (Å²) in [5, 5.41) is 6.32. The van der Waals surface area contributed by atoms with Gasteiger partial charge in [-0.25, -0.2) is 9.37 Å². The third-order valence-corrected chi connectivity index (χ3v) is 6.07. The van der Waals surface area contributed by atoms with E-state index >= 15 is 0 Å². The average molecular weight is 423 g/mol. The number of nitrogens with one attached hydrogen (secondary N) is 2. The molecule has 148 valence electrons. The van der Waals surface area contributed by atoms with Crippen LogP contribution in [0.25, 0.3) is 10.2 Å². The Morgan fingerprint density at radius 3 is 2.96 bits per heavy atom. The predicted octanol–water partition coefficient (Wildman–Crippen LogP) is 2.92. The lowest BCUT2D eigenvalue weighted by Crippen LogP contribution is -2.29. The van der Waals surface area contributed by atoms with Crippen LogP contribution in [0, 0.1) is 19.7 Å². The monoisotopic (exact) mass is 422 g/mol. The number of amides is 1. The molecule has 0 saturated carbocycles. The molecule has 1 aliphatic heterocycles. The summed E-state index contributed by atoms with van der Waals surface area (Å²) < 4.78 is 15.9. The molecule has 0 unspecified atom stereocenters. The van der Waals surface area contributed by atoms with Gasteiger partial charge in [-0.3, -0.25) is 14.2 Å². The Labute approximate surface area is 171 Å². The molecule has 0 radical (unpaired) electrons. The maximum absolute atomic E-state index is 14.7. The fourth-order valence-electron chi connectivity index (χ4n) is 3.36. The summed E-state index contributed by atoms with van der Waals surface area (Å²) in [6.07, 6.45) is 1.95. The van der Waals surface area contributed by atoms with Crippen molar-refractivity contribution >= 4 is 45.6 Å². The van der Waals surface area contributed by atoms with E-state index in [4.69, 9.17) is 0 Å². The molecule has 2 N–H and O–H groups in total. The van der Waals surface area contributed by atoms with E-state index in [2.05, 4.69) is 15.6 Å². The number of carbonyl (C=O) groups excluding carboxylic acids is 1. The third-order valence-electron chi connectivity index (χ3n) is 4.95. The number of thiophene rings is 1. The maximum Gasteiger partial charge on any atom is 0.262 e. The zero-order chi connectivity index (χ0) is 19.1. The predicted molar refractivity (Wildman–Crippen MR) is 111 cm³/mol. The third kappa shape index (κ3) is 3.55. The highest BCUT2D eigenvalue weighted by atomic mass is 35.5. The smallest absolute Gasteiger partial charge is 0.262 e. The van der Waals surface area contributed by atoms with E-state index in [1.54, 1.807) is 6.07 Å². The van der Waals surface area contributed by atoms with Crippen molar-refractivity contribution in [2.24, 2.45) is 0 Å². The van der Waals surface area contributed by atoms with Crippen molar-refractivity contribution in [2.75, 3.05) is 11.9 Å². The highest BCUT2D eigenvalue weighted by molar-refractivity contribution is 7.18. The normalized spacial score (nSPS) is 13.1. The Kier molecular flexibility index (Phi) is 5.83. The molecule has 1 aliphatic rings. The lowest BCUT2D eigenvalue weighted by Gasteiger charge is -2.19. The molecule has 0 atom stereocenters. The molecule has 0 fully saturated rings. The number of benzene rings is 1. The van der Waals surface area contributed by atoms with E-state index in [1.807, 2.05) is 19.9 Å². The Morgan fingerprint density at radius 1 is 1.39 bits per heavy atom. The van der Waals surface area contributed by atoms with Gasteiger partial charge < -0.3 is 10.6 Å². The number of aromatic nitrogens is 2. The summed E-state index contributed by atoms with van der Waals surface area (Å²) in [5.41, 5.74) is 2.32. The van der Waals surface area contributed by atoms with Crippen LogP contribution in [0.2, 0.25) is 0 Å². The first-order valence-electron chi connectivity index (χ1n) is 8.71. The fourth-order valence-corrected chi connectivity index (χ4v) is 4.34. The van der Waals surface area contributed by atoms with E-state index in [0.29, 0.717) is 35.3 Å². The Bertz CT molecular complexity index is 1130. The van der Waals surface area contributed by atoms with Crippen molar-refractivity contribution in [2.45, 2.75) is 33.4 Å². The van der Waals surface area contributed by atoms with E-state index in [-0.39, 0.29) is 30.2 Å². The van der Waals surface area contributed by atoms with Crippen molar-refractivity contribution in [1.29, 1.82) is 0 Å². The number of hydrogen-bond acceptors (Lipinski definition) is 5. The van der Waals surface area contributed by atoms with Gasteiger partial charge in [-0.1, -0.05) is 6.07 Å². The van der Waals surface area contributed by atoms with Crippen LogP contribution in [0.1, 0.15) is 21.6 Å². The van der Waals surface area contributed by atoms with Crippen LogP contribution >= 0.6 is 23.7 Å². The van der Waals surface area contributed by atoms with E-state index in [0.717, 1.165) is 16.0 Å². The number of fused-ring (bicyclic) bond motifs is 2. The molecular weight excluding hydrogens is 403 g/mol. The molecule has 6 nitrogen and oxygen atoms in total. The minimum absolute atomic E-state index is 0. The highest BCUT2D eigenvalue weighted by Crippen LogP contribution is 2.26. The molecule has 1 aromatic carbocycles. The van der Waals surface area contributed by atoms with Crippen molar-refractivity contribution in [3.63, 3.8) is 0 Å². The van der Waals surface area contributed by atoms with E-state index in [9.17, 15) is 14.0 Å². The summed E-state index contributed by atoms with van der Waals surface area (Å²) >= 11 is 1.46. The Hall–Kier alpha value is -2.29. The van der Waals surface area contributed by atoms with Gasteiger partial charge in [-0.2, -0.15) is 0 Å². The molecule has 1 amide bonds.